The van der Waals surface area contributed by atoms with Gasteiger partial charge in [-0.3, -0.25) is 0 Å². The van der Waals surface area contributed by atoms with Crippen molar-refractivity contribution in [2.75, 3.05) is 57.0 Å². The topological polar surface area (TPSA) is 95.5 Å². The Labute approximate surface area is 206 Å². The van der Waals surface area contributed by atoms with E-state index in [1.165, 1.54) is 11.3 Å². The van der Waals surface area contributed by atoms with Crippen molar-refractivity contribution in [1.29, 1.82) is 0 Å². The number of cyclic esters (lactones) is 1. The second-order valence-corrected chi connectivity index (χ2v) is 9.71. The maximum atomic E-state index is 13.5. The SMILES string of the molecule is CN1CCC(c2nc(Nc3ncc(C(F)(F)F)c(NCCCN4CCCCOC4=O)n3)cs2)CC1. The largest absolute Gasteiger partial charge is 0.449 e. The molecule has 2 aliphatic heterocycles. The van der Waals surface area contributed by atoms with Crippen molar-refractivity contribution in [3.8, 4) is 0 Å². The number of nitrogens with zero attached hydrogens (tertiary/aromatic N) is 5. The molecule has 0 spiro atoms. The molecule has 2 saturated heterocycles. The lowest BCUT2D eigenvalue weighted by molar-refractivity contribution is -0.137. The summed E-state index contributed by atoms with van der Waals surface area (Å²) in [5.74, 6) is 0.643. The standard InChI is InChI=1S/C22H30F3N7O2S/c1-31-10-5-15(6-11-31)19-28-17(14-35-19)29-20-27-13-16(22(23,24)25)18(30-20)26-7-4-9-32-8-2-3-12-34-21(32)33/h13-15H,2-12H2,1H3,(H2,26,27,29,30). The first-order valence-electron chi connectivity index (χ1n) is 11.8. The average Bonchev–Trinajstić information content (AvgIpc) is 3.18. The number of carbonyl (C=O) groups is 1. The molecule has 0 unspecified atom stereocenters. The van der Waals surface area contributed by atoms with E-state index in [1.54, 1.807) is 4.90 Å². The Morgan fingerprint density at radius 2 is 2.00 bits per heavy atom. The van der Waals surface area contributed by atoms with Crippen LogP contribution in [-0.2, 0) is 10.9 Å². The highest BCUT2D eigenvalue weighted by Crippen LogP contribution is 2.35. The molecule has 0 atom stereocenters. The Hall–Kier alpha value is -2.67. The molecule has 192 valence electrons. The van der Waals surface area contributed by atoms with Gasteiger partial charge in [-0.25, -0.2) is 14.8 Å². The fourth-order valence-corrected chi connectivity index (χ4v) is 5.04. The number of hydrogen-bond acceptors (Lipinski definition) is 9. The van der Waals surface area contributed by atoms with Crippen LogP contribution in [0.3, 0.4) is 0 Å². The van der Waals surface area contributed by atoms with Gasteiger partial charge in [-0.05, 0) is 52.2 Å². The maximum Gasteiger partial charge on any atom is 0.421 e. The Morgan fingerprint density at radius 1 is 1.20 bits per heavy atom. The number of halogens is 3. The van der Waals surface area contributed by atoms with Gasteiger partial charge in [0.15, 0.2) is 0 Å². The van der Waals surface area contributed by atoms with Crippen molar-refractivity contribution in [2.24, 2.45) is 0 Å². The molecule has 0 radical (unpaired) electrons. The molecule has 9 nitrogen and oxygen atoms in total. The molecule has 0 aromatic carbocycles. The zero-order chi connectivity index (χ0) is 24.8. The van der Waals surface area contributed by atoms with Gasteiger partial charge in [-0.15, -0.1) is 11.3 Å². The van der Waals surface area contributed by atoms with E-state index in [4.69, 9.17) is 4.74 Å². The molecule has 35 heavy (non-hydrogen) atoms. The molecular weight excluding hydrogens is 483 g/mol. The summed E-state index contributed by atoms with van der Waals surface area (Å²) in [6, 6.07) is 0. The number of anilines is 3. The number of rotatable bonds is 8. The van der Waals surface area contributed by atoms with Crippen LogP contribution in [0.25, 0.3) is 0 Å². The third-order valence-electron chi connectivity index (χ3n) is 6.13. The lowest BCUT2D eigenvalue weighted by Gasteiger charge is -2.27. The summed E-state index contributed by atoms with van der Waals surface area (Å²) < 4.78 is 45.6. The van der Waals surface area contributed by atoms with Crippen LogP contribution in [0.15, 0.2) is 11.6 Å². The summed E-state index contributed by atoms with van der Waals surface area (Å²) in [4.78, 5) is 28.3. The van der Waals surface area contributed by atoms with Crippen molar-refractivity contribution in [3.05, 3.63) is 22.1 Å². The van der Waals surface area contributed by atoms with E-state index in [1.807, 2.05) is 5.38 Å². The van der Waals surface area contributed by atoms with Gasteiger partial charge < -0.3 is 25.2 Å². The van der Waals surface area contributed by atoms with E-state index in [0.29, 0.717) is 37.9 Å². The van der Waals surface area contributed by atoms with Crippen molar-refractivity contribution < 1.29 is 22.7 Å². The van der Waals surface area contributed by atoms with Crippen molar-refractivity contribution in [1.82, 2.24) is 24.8 Å². The summed E-state index contributed by atoms with van der Waals surface area (Å²) >= 11 is 1.53. The van der Waals surface area contributed by atoms with E-state index in [2.05, 4.69) is 37.5 Å². The molecule has 13 heteroatoms. The summed E-state index contributed by atoms with van der Waals surface area (Å²) in [5, 5.41) is 8.55. The molecule has 2 aromatic heterocycles. The number of carbonyl (C=O) groups excluding carboxylic acids is 1. The van der Waals surface area contributed by atoms with Gasteiger partial charge in [0.05, 0.1) is 11.6 Å². The molecule has 4 heterocycles. The minimum Gasteiger partial charge on any atom is -0.449 e. The van der Waals surface area contributed by atoms with E-state index in [9.17, 15) is 18.0 Å². The highest BCUT2D eigenvalue weighted by Gasteiger charge is 2.35. The second kappa shape index (κ2) is 11.4. The van der Waals surface area contributed by atoms with Crippen LogP contribution in [0.4, 0.5) is 35.5 Å². The smallest absolute Gasteiger partial charge is 0.421 e. The van der Waals surface area contributed by atoms with Crippen LogP contribution in [0.2, 0.25) is 0 Å². The molecule has 2 aliphatic rings. The summed E-state index contributed by atoms with van der Waals surface area (Å²) in [7, 11) is 2.10. The van der Waals surface area contributed by atoms with Crippen LogP contribution in [0.1, 0.15) is 48.6 Å². The highest BCUT2D eigenvalue weighted by atomic mass is 32.1. The van der Waals surface area contributed by atoms with Crippen molar-refractivity contribution >= 4 is 35.0 Å². The Bertz CT molecular complexity index is 996. The van der Waals surface area contributed by atoms with Gasteiger partial charge in [-0.2, -0.15) is 18.2 Å². The minimum atomic E-state index is -4.60. The first-order chi connectivity index (χ1) is 16.8. The van der Waals surface area contributed by atoms with Crippen LogP contribution in [0, 0.1) is 0 Å². The molecule has 2 fully saturated rings. The number of ether oxygens (including phenoxy) is 1. The summed E-state index contributed by atoms with van der Waals surface area (Å²) in [6.45, 7) is 3.62. The van der Waals surface area contributed by atoms with E-state index in [-0.39, 0.29) is 24.4 Å². The van der Waals surface area contributed by atoms with Crippen LogP contribution in [-0.4, -0.2) is 77.2 Å². The molecule has 0 saturated carbocycles. The van der Waals surface area contributed by atoms with Crippen LogP contribution < -0.4 is 10.6 Å². The molecule has 0 bridgehead atoms. The fraction of sp³-hybridized carbons (Fsp3) is 0.636. The van der Waals surface area contributed by atoms with Gasteiger partial charge in [-0.1, -0.05) is 0 Å². The Kier molecular flexibility index (Phi) is 8.26. The number of piperidine rings is 1. The number of nitrogens with one attached hydrogen (secondary N) is 2. The lowest BCUT2D eigenvalue weighted by Crippen LogP contribution is -2.32. The number of thiazole rings is 1. The summed E-state index contributed by atoms with van der Waals surface area (Å²) in [6.07, 6.45) is -0.0438. The molecule has 2 N–H and O–H groups in total. The highest BCUT2D eigenvalue weighted by molar-refractivity contribution is 7.10. The third-order valence-corrected chi connectivity index (χ3v) is 7.13. The monoisotopic (exact) mass is 513 g/mol. The van der Waals surface area contributed by atoms with Crippen molar-refractivity contribution in [2.45, 2.75) is 44.2 Å². The molecule has 1 amide bonds. The zero-order valence-corrected chi connectivity index (χ0v) is 20.4. The molecule has 0 aliphatic carbocycles. The van der Waals surface area contributed by atoms with Gasteiger partial charge in [0.2, 0.25) is 5.95 Å². The number of likely N-dealkylation sites (tertiary alicyclic amines) is 1. The number of alkyl halides is 3. The molecule has 2 aromatic rings. The number of hydrogen-bond donors (Lipinski definition) is 2. The Morgan fingerprint density at radius 3 is 2.77 bits per heavy atom. The van der Waals surface area contributed by atoms with Gasteiger partial charge >= 0.3 is 12.3 Å². The molecule has 4 rings (SSSR count). The van der Waals surface area contributed by atoms with E-state index < -0.39 is 11.7 Å². The third kappa shape index (κ3) is 6.94. The Balaban J connectivity index is 1.38. The molecular formula is C22H30F3N7O2S. The normalized spacial score (nSPS) is 18.3. The predicted molar refractivity (Wildman–Crippen MR) is 127 cm³/mol. The quantitative estimate of drug-likeness (QED) is 0.497. The number of aromatic nitrogens is 3. The van der Waals surface area contributed by atoms with Crippen molar-refractivity contribution in [3.63, 3.8) is 0 Å². The second-order valence-electron chi connectivity index (χ2n) is 8.82. The minimum absolute atomic E-state index is 0.0387. The summed E-state index contributed by atoms with van der Waals surface area (Å²) in [5.41, 5.74) is -0.942. The fourth-order valence-electron chi connectivity index (χ4n) is 4.11. The van der Waals surface area contributed by atoms with Gasteiger partial charge in [0, 0.05) is 37.1 Å². The maximum absolute atomic E-state index is 13.5. The first-order valence-corrected chi connectivity index (χ1v) is 12.7. The van der Waals surface area contributed by atoms with Crippen LogP contribution >= 0.6 is 11.3 Å². The van der Waals surface area contributed by atoms with E-state index in [0.717, 1.165) is 50.0 Å². The predicted octanol–water partition coefficient (Wildman–Crippen LogP) is 4.54. The average molecular weight is 514 g/mol. The van der Waals surface area contributed by atoms with Crippen LogP contribution in [0.5, 0.6) is 0 Å². The van der Waals surface area contributed by atoms with E-state index >= 15 is 0 Å². The van der Waals surface area contributed by atoms with Gasteiger partial charge in [0.1, 0.15) is 17.2 Å². The first kappa shape index (κ1) is 25.4. The lowest BCUT2D eigenvalue weighted by atomic mass is 9.98. The zero-order valence-electron chi connectivity index (χ0n) is 19.6. The number of amides is 1. The van der Waals surface area contributed by atoms with Gasteiger partial charge in [0.25, 0.3) is 0 Å².